The summed E-state index contributed by atoms with van der Waals surface area (Å²) in [6.45, 7) is 1.45. The molecule has 3 rings (SSSR count). The molecule has 0 saturated carbocycles. The summed E-state index contributed by atoms with van der Waals surface area (Å²) < 4.78 is 10.6. The summed E-state index contributed by atoms with van der Waals surface area (Å²) in [4.78, 5) is 30.1. The number of carbonyl (C=O) groups excluding carboxylic acids is 2. The second-order valence-corrected chi connectivity index (χ2v) is 7.41. The number of amides is 1. The molecule has 0 unspecified atom stereocenters. The van der Waals surface area contributed by atoms with Crippen LogP contribution in [0.25, 0.3) is 6.08 Å². The molecule has 0 atom stereocenters. The molecule has 1 aromatic heterocycles. The highest BCUT2D eigenvalue weighted by Crippen LogP contribution is 2.35. The first kappa shape index (κ1) is 21.5. The van der Waals surface area contributed by atoms with Gasteiger partial charge in [0.1, 0.15) is 12.4 Å². The van der Waals surface area contributed by atoms with E-state index < -0.39 is 5.97 Å². The third-order valence-electron chi connectivity index (χ3n) is 4.02. The molecule has 154 valence electrons. The second kappa shape index (κ2) is 10.0. The Labute approximate surface area is 183 Å². The Kier molecular flexibility index (Phi) is 7.21. The number of methoxy groups -OCH3 is 1. The van der Waals surface area contributed by atoms with Crippen molar-refractivity contribution < 1.29 is 19.1 Å². The van der Waals surface area contributed by atoms with E-state index in [1.165, 1.54) is 29.2 Å². The first-order chi connectivity index (χ1) is 14.5. The predicted octanol–water partition coefficient (Wildman–Crippen LogP) is 5.25. The predicted molar refractivity (Wildman–Crippen MR) is 118 cm³/mol. The lowest BCUT2D eigenvalue weighted by Gasteiger charge is -2.20. The van der Waals surface area contributed by atoms with Gasteiger partial charge < -0.3 is 9.47 Å². The zero-order chi connectivity index (χ0) is 21.5. The summed E-state index contributed by atoms with van der Waals surface area (Å²) in [5.41, 5.74) is 1.97. The van der Waals surface area contributed by atoms with Crippen molar-refractivity contribution in [2.45, 2.75) is 13.5 Å². The van der Waals surface area contributed by atoms with Gasteiger partial charge in [-0.05, 0) is 35.9 Å². The molecule has 0 bridgehead atoms. The number of ether oxygens (including phenoxy) is 2. The van der Waals surface area contributed by atoms with Gasteiger partial charge in [-0.25, -0.2) is 9.78 Å². The molecule has 0 saturated heterocycles. The average molecular weight is 443 g/mol. The molecule has 0 spiro atoms. The monoisotopic (exact) mass is 442 g/mol. The van der Waals surface area contributed by atoms with Crippen LogP contribution >= 0.6 is 22.9 Å². The van der Waals surface area contributed by atoms with E-state index in [1.807, 2.05) is 12.1 Å². The van der Waals surface area contributed by atoms with Gasteiger partial charge in [-0.1, -0.05) is 35.9 Å². The maximum Gasteiger partial charge on any atom is 0.331 e. The van der Waals surface area contributed by atoms with Crippen molar-refractivity contribution in [2.75, 3.05) is 12.0 Å². The Hall–Kier alpha value is -3.16. The quantitative estimate of drug-likeness (QED) is 0.369. The molecule has 3 aromatic rings. The third-order valence-corrected chi connectivity index (χ3v) is 5.14. The van der Waals surface area contributed by atoms with E-state index in [-0.39, 0.29) is 12.5 Å². The summed E-state index contributed by atoms with van der Waals surface area (Å²) in [5.74, 6) is -0.140. The van der Waals surface area contributed by atoms with Crippen LogP contribution in [-0.4, -0.2) is 24.0 Å². The largest absolute Gasteiger partial charge is 0.495 e. The van der Waals surface area contributed by atoms with Crippen molar-refractivity contribution in [1.82, 2.24) is 4.98 Å². The maximum atomic E-state index is 12.3. The molecule has 1 heterocycles. The number of thiazole rings is 1. The van der Waals surface area contributed by atoms with Crippen molar-refractivity contribution >= 4 is 51.7 Å². The van der Waals surface area contributed by atoms with Crippen LogP contribution in [0.5, 0.6) is 5.75 Å². The van der Waals surface area contributed by atoms with Gasteiger partial charge in [0.25, 0.3) is 0 Å². The van der Waals surface area contributed by atoms with Crippen molar-refractivity contribution in [3.63, 3.8) is 0 Å². The number of benzene rings is 2. The number of esters is 1. The fraction of sp³-hybridized carbons (Fsp3) is 0.136. The normalized spacial score (nSPS) is 10.8. The fourth-order valence-electron chi connectivity index (χ4n) is 2.62. The van der Waals surface area contributed by atoms with Gasteiger partial charge in [0.05, 0.1) is 18.5 Å². The molecule has 0 aliphatic carbocycles. The van der Waals surface area contributed by atoms with Gasteiger partial charge in [-0.15, -0.1) is 11.3 Å². The molecule has 0 aliphatic rings. The molecule has 0 fully saturated rings. The second-order valence-electron chi connectivity index (χ2n) is 6.14. The zero-order valence-electron chi connectivity index (χ0n) is 16.4. The highest BCUT2D eigenvalue weighted by molar-refractivity contribution is 7.14. The summed E-state index contributed by atoms with van der Waals surface area (Å²) >= 11 is 7.12. The molecular weight excluding hydrogens is 424 g/mol. The van der Waals surface area contributed by atoms with Crippen LogP contribution in [0, 0.1) is 0 Å². The van der Waals surface area contributed by atoms with E-state index in [4.69, 9.17) is 21.1 Å². The molecule has 30 heavy (non-hydrogen) atoms. The lowest BCUT2D eigenvalue weighted by Crippen LogP contribution is -2.23. The number of anilines is 2. The maximum absolute atomic E-state index is 12.3. The number of halogens is 1. The van der Waals surface area contributed by atoms with Crippen molar-refractivity contribution in [3.8, 4) is 5.75 Å². The first-order valence-corrected chi connectivity index (χ1v) is 10.2. The molecule has 1 amide bonds. The van der Waals surface area contributed by atoms with Crippen LogP contribution < -0.4 is 9.64 Å². The molecule has 2 aromatic carbocycles. The van der Waals surface area contributed by atoms with E-state index in [9.17, 15) is 9.59 Å². The molecule has 0 radical (unpaired) electrons. The van der Waals surface area contributed by atoms with Gasteiger partial charge in [-0.2, -0.15) is 0 Å². The topological polar surface area (TPSA) is 68.7 Å². The number of rotatable bonds is 7. The van der Waals surface area contributed by atoms with Crippen LogP contribution in [0.1, 0.15) is 18.2 Å². The zero-order valence-corrected chi connectivity index (χ0v) is 17.9. The van der Waals surface area contributed by atoms with E-state index >= 15 is 0 Å². The molecule has 0 aliphatic heterocycles. The van der Waals surface area contributed by atoms with Gasteiger partial charge in [-0.3, -0.25) is 9.69 Å². The summed E-state index contributed by atoms with van der Waals surface area (Å²) in [6.07, 6.45) is 2.98. The highest BCUT2D eigenvalue weighted by atomic mass is 35.5. The smallest absolute Gasteiger partial charge is 0.331 e. The number of hydrogen-bond donors (Lipinski definition) is 0. The molecule has 8 heteroatoms. The average Bonchev–Trinajstić information content (AvgIpc) is 3.20. The Morgan fingerprint density at radius 1 is 1.17 bits per heavy atom. The van der Waals surface area contributed by atoms with Crippen LogP contribution in [0.15, 0.2) is 60.0 Å². The van der Waals surface area contributed by atoms with Gasteiger partial charge in [0, 0.05) is 23.4 Å². The van der Waals surface area contributed by atoms with E-state index in [0.717, 1.165) is 5.56 Å². The summed E-state index contributed by atoms with van der Waals surface area (Å²) in [7, 11) is 1.54. The molecule has 6 nitrogen and oxygen atoms in total. The van der Waals surface area contributed by atoms with Gasteiger partial charge >= 0.3 is 5.97 Å². The van der Waals surface area contributed by atoms with E-state index in [1.54, 1.807) is 55.0 Å². The van der Waals surface area contributed by atoms with Crippen molar-refractivity contribution in [2.24, 2.45) is 0 Å². The first-order valence-electron chi connectivity index (χ1n) is 8.96. The van der Waals surface area contributed by atoms with Crippen LogP contribution in [0.4, 0.5) is 10.8 Å². The Morgan fingerprint density at radius 2 is 1.90 bits per heavy atom. The minimum absolute atomic E-state index is 0.00202. The van der Waals surface area contributed by atoms with E-state index in [0.29, 0.717) is 27.3 Å². The lowest BCUT2D eigenvalue weighted by molar-refractivity contribution is -0.139. The number of nitrogens with zero attached hydrogens (tertiary/aromatic N) is 2. The number of carbonyl (C=O) groups is 2. The van der Waals surface area contributed by atoms with Crippen LogP contribution in [-0.2, 0) is 20.9 Å². The minimum atomic E-state index is -0.493. The number of hydrogen-bond acceptors (Lipinski definition) is 6. The molecule has 0 N–H and O–H groups in total. The van der Waals surface area contributed by atoms with Crippen LogP contribution in [0.2, 0.25) is 5.02 Å². The number of aromatic nitrogens is 1. The Morgan fingerprint density at radius 3 is 2.60 bits per heavy atom. The third kappa shape index (κ3) is 5.46. The van der Waals surface area contributed by atoms with Crippen LogP contribution in [0.3, 0.4) is 0 Å². The SMILES string of the molecule is COc1ccccc1N(C(C)=O)c1nc(COC(=O)/C=C/c2ccc(Cl)cc2)cs1. The molecular formula is C22H19ClN2O4S. The lowest BCUT2D eigenvalue weighted by atomic mass is 10.2. The fourth-order valence-corrected chi connectivity index (χ4v) is 3.61. The Bertz CT molecular complexity index is 1060. The van der Waals surface area contributed by atoms with Crippen molar-refractivity contribution in [1.29, 1.82) is 0 Å². The summed E-state index contributed by atoms with van der Waals surface area (Å²) in [5, 5.41) is 2.84. The van der Waals surface area contributed by atoms with E-state index in [2.05, 4.69) is 4.98 Å². The highest BCUT2D eigenvalue weighted by Gasteiger charge is 2.21. The standard InChI is InChI=1S/C22H19ClN2O4S/c1-15(26)25(19-5-3-4-6-20(19)28-2)22-24-18(14-30-22)13-29-21(27)12-9-16-7-10-17(23)11-8-16/h3-12,14H,13H2,1-2H3/b12-9+. The summed E-state index contributed by atoms with van der Waals surface area (Å²) in [6, 6.07) is 14.3. The van der Waals surface area contributed by atoms with Gasteiger partial charge in [0.15, 0.2) is 5.13 Å². The minimum Gasteiger partial charge on any atom is -0.495 e. The van der Waals surface area contributed by atoms with Crippen molar-refractivity contribution in [3.05, 3.63) is 76.3 Å². The van der Waals surface area contributed by atoms with Gasteiger partial charge in [0.2, 0.25) is 5.91 Å². The number of para-hydroxylation sites is 2. The Balaban J connectivity index is 1.67.